The molecule has 2 rings (SSSR count). The van der Waals surface area contributed by atoms with Gasteiger partial charge in [0, 0.05) is 10.6 Å². The Morgan fingerprint density at radius 3 is 3.00 bits per heavy atom. The molecule has 0 saturated heterocycles. The summed E-state index contributed by atoms with van der Waals surface area (Å²) in [5, 5.41) is 4.17. The molecule has 2 aromatic rings. The van der Waals surface area contributed by atoms with Crippen molar-refractivity contribution in [1.82, 2.24) is 4.98 Å². The van der Waals surface area contributed by atoms with Crippen molar-refractivity contribution in [3.8, 4) is 0 Å². The Morgan fingerprint density at radius 2 is 2.33 bits per heavy atom. The highest BCUT2D eigenvalue weighted by Gasteiger charge is 2.00. The van der Waals surface area contributed by atoms with Gasteiger partial charge < -0.3 is 5.32 Å². The molecule has 0 saturated carbocycles. The first-order chi connectivity index (χ1) is 7.28. The van der Waals surface area contributed by atoms with Gasteiger partial charge in [0.2, 0.25) is 0 Å². The smallest absolute Gasteiger partial charge is 0.188 e. The first-order valence-corrected chi connectivity index (χ1v) is 7.14. The molecule has 2 nitrogen and oxygen atoms in total. The number of thiazole rings is 1. The highest BCUT2D eigenvalue weighted by Crippen LogP contribution is 2.27. The zero-order chi connectivity index (χ0) is 10.7. The van der Waals surface area contributed by atoms with Gasteiger partial charge in [0.15, 0.2) is 5.13 Å². The van der Waals surface area contributed by atoms with Crippen molar-refractivity contribution in [2.45, 2.75) is 4.90 Å². The van der Waals surface area contributed by atoms with E-state index in [1.807, 2.05) is 12.1 Å². The Bertz CT molecular complexity index is 456. The first kappa shape index (κ1) is 11.0. The number of thioether (sulfide) groups is 1. The average Bonchev–Trinajstić information content (AvgIpc) is 2.64. The molecular weight excluding hydrogens is 292 g/mol. The predicted octanol–water partition coefficient (Wildman–Crippen LogP) is 4.37. The summed E-state index contributed by atoms with van der Waals surface area (Å²) in [4.78, 5) is 5.47. The molecule has 0 atom stereocenters. The topological polar surface area (TPSA) is 24.9 Å². The fraction of sp³-hybridized carbons (Fsp3) is 0.100. The number of nitrogens with one attached hydrogen (secondary N) is 1. The lowest BCUT2D eigenvalue weighted by molar-refractivity contribution is 1.37. The van der Waals surface area contributed by atoms with Crippen LogP contribution < -0.4 is 5.32 Å². The van der Waals surface area contributed by atoms with E-state index in [0.717, 1.165) is 14.6 Å². The zero-order valence-corrected chi connectivity index (χ0v) is 11.2. The van der Waals surface area contributed by atoms with E-state index in [4.69, 9.17) is 0 Å². The van der Waals surface area contributed by atoms with E-state index < -0.39 is 0 Å². The molecule has 0 aliphatic heterocycles. The molecule has 0 spiro atoms. The summed E-state index contributed by atoms with van der Waals surface area (Å²) in [6, 6.07) is 8.28. The number of anilines is 2. The molecule has 0 amide bonds. The SMILES string of the molecule is CSc1cccc(Nc2ncc(Br)s2)c1. The quantitative estimate of drug-likeness (QED) is 0.852. The lowest BCUT2D eigenvalue weighted by Gasteiger charge is -2.03. The molecule has 1 N–H and O–H groups in total. The van der Waals surface area contributed by atoms with Gasteiger partial charge in [-0.2, -0.15) is 0 Å². The van der Waals surface area contributed by atoms with E-state index in [2.05, 4.69) is 44.6 Å². The highest BCUT2D eigenvalue weighted by molar-refractivity contribution is 9.11. The molecule has 0 bridgehead atoms. The van der Waals surface area contributed by atoms with Crippen molar-refractivity contribution in [2.24, 2.45) is 0 Å². The fourth-order valence-corrected chi connectivity index (χ4v) is 2.72. The standard InChI is InChI=1S/C10H9BrN2S2/c1-14-8-4-2-3-7(5-8)13-10-12-6-9(11)15-10/h2-6H,1H3,(H,12,13). The molecule has 15 heavy (non-hydrogen) atoms. The number of nitrogens with zero attached hydrogens (tertiary/aromatic N) is 1. The second kappa shape index (κ2) is 5.01. The summed E-state index contributed by atoms with van der Waals surface area (Å²) < 4.78 is 1.03. The van der Waals surface area contributed by atoms with Crippen molar-refractivity contribution < 1.29 is 0 Å². The normalized spacial score (nSPS) is 10.3. The summed E-state index contributed by atoms with van der Waals surface area (Å²) in [7, 11) is 0. The van der Waals surface area contributed by atoms with Crippen LogP contribution in [0.3, 0.4) is 0 Å². The van der Waals surface area contributed by atoms with E-state index in [9.17, 15) is 0 Å². The number of hydrogen-bond acceptors (Lipinski definition) is 4. The van der Waals surface area contributed by atoms with Gasteiger partial charge in [-0.1, -0.05) is 17.4 Å². The minimum Gasteiger partial charge on any atom is -0.331 e. The number of aromatic nitrogens is 1. The Labute approximate surface area is 105 Å². The predicted molar refractivity (Wildman–Crippen MR) is 71.3 cm³/mol. The van der Waals surface area contributed by atoms with Crippen molar-refractivity contribution in [3.63, 3.8) is 0 Å². The largest absolute Gasteiger partial charge is 0.331 e. The van der Waals surface area contributed by atoms with Crippen LogP contribution in [0.25, 0.3) is 0 Å². The van der Waals surface area contributed by atoms with Gasteiger partial charge in [0.25, 0.3) is 0 Å². The molecule has 0 aliphatic carbocycles. The minimum atomic E-state index is 0.903. The third kappa shape index (κ3) is 2.96. The van der Waals surface area contributed by atoms with Crippen molar-refractivity contribution in [2.75, 3.05) is 11.6 Å². The molecule has 5 heteroatoms. The van der Waals surface area contributed by atoms with Gasteiger partial charge in [-0.05, 0) is 40.4 Å². The van der Waals surface area contributed by atoms with Crippen LogP contribution in [-0.4, -0.2) is 11.2 Å². The monoisotopic (exact) mass is 300 g/mol. The van der Waals surface area contributed by atoms with Crippen molar-refractivity contribution >= 4 is 49.8 Å². The maximum atomic E-state index is 4.22. The second-order valence-corrected chi connectivity index (χ2v) is 6.12. The summed E-state index contributed by atoms with van der Waals surface area (Å²) in [6.07, 6.45) is 3.87. The van der Waals surface area contributed by atoms with E-state index in [0.29, 0.717) is 0 Å². The Kier molecular flexibility index (Phi) is 3.66. The van der Waals surface area contributed by atoms with Gasteiger partial charge in [0.1, 0.15) is 0 Å². The minimum absolute atomic E-state index is 0.903. The summed E-state index contributed by atoms with van der Waals surface area (Å²) >= 11 is 6.70. The second-order valence-electron chi connectivity index (χ2n) is 2.83. The first-order valence-electron chi connectivity index (χ1n) is 4.30. The molecule has 0 aliphatic rings. The van der Waals surface area contributed by atoms with Crippen LogP contribution in [0.1, 0.15) is 0 Å². The third-order valence-corrected chi connectivity index (χ3v) is 3.92. The number of hydrogen-bond donors (Lipinski definition) is 1. The molecular formula is C10H9BrN2S2. The lowest BCUT2D eigenvalue weighted by Crippen LogP contribution is -1.88. The van der Waals surface area contributed by atoms with E-state index in [1.165, 1.54) is 4.90 Å². The maximum absolute atomic E-state index is 4.22. The van der Waals surface area contributed by atoms with Crippen LogP contribution in [0, 0.1) is 0 Å². The van der Waals surface area contributed by atoms with Crippen LogP contribution in [0.4, 0.5) is 10.8 Å². The number of benzene rings is 1. The molecule has 0 unspecified atom stereocenters. The van der Waals surface area contributed by atoms with Gasteiger partial charge in [-0.3, -0.25) is 0 Å². The Hall–Kier alpha value is -0.520. The van der Waals surface area contributed by atoms with Gasteiger partial charge in [0.05, 0.1) is 9.98 Å². The fourth-order valence-electron chi connectivity index (χ4n) is 1.14. The Balaban J connectivity index is 2.16. The molecule has 78 valence electrons. The van der Waals surface area contributed by atoms with E-state index >= 15 is 0 Å². The number of halogens is 1. The van der Waals surface area contributed by atoms with E-state index in [1.54, 1.807) is 29.3 Å². The van der Waals surface area contributed by atoms with Crippen LogP contribution in [0.5, 0.6) is 0 Å². The van der Waals surface area contributed by atoms with Crippen LogP contribution in [0.2, 0.25) is 0 Å². The average molecular weight is 301 g/mol. The van der Waals surface area contributed by atoms with Crippen molar-refractivity contribution in [3.05, 3.63) is 34.2 Å². The van der Waals surface area contributed by atoms with E-state index in [-0.39, 0.29) is 0 Å². The molecule has 1 aromatic carbocycles. The molecule has 0 radical (unpaired) electrons. The van der Waals surface area contributed by atoms with Gasteiger partial charge in [-0.25, -0.2) is 4.98 Å². The third-order valence-electron chi connectivity index (χ3n) is 1.80. The highest BCUT2D eigenvalue weighted by atomic mass is 79.9. The van der Waals surface area contributed by atoms with Crippen LogP contribution >= 0.6 is 39.0 Å². The van der Waals surface area contributed by atoms with Crippen LogP contribution in [0.15, 0.2) is 39.1 Å². The Morgan fingerprint density at radius 1 is 1.47 bits per heavy atom. The molecule has 1 heterocycles. The van der Waals surface area contributed by atoms with Crippen molar-refractivity contribution in [1.29, 1.82) is 0 Å². The summed E-state index contributed by atoms with van der Waals surface area (Å²) in [5.74, 6) is 0. The summed E-state index contributed by atoms with van der Waals surface area (Å²) in [6.45, 7) is 0. The van der Waals surface area contributed by atoms with Gasteiger partial charge in [-0.15, -0.1) is 11.8 Å². The summed E-state index contributed by atoms with van der Waals surface area (Å²) in [5.41, 5.74) is 1.07. The lowest BCUT2D eigenvalue weighted by atomic mass is 10.3. The van der Waals surface area contributed by atoms with Gasteiger partial charge >= 0.3 is 0 Å². The zero-order valence-electron chi connectivity index (χ0n) is 8.03. The maximum Gasteiger partial charge on any atom is 0.188 e. The van der Waals surface area contributed by atoms with Crippen LogP contribution in [-0.2, 0) is 0 Å². The molecule has 0 fully saturated rings. The number of rotatable bonds is 3. The molecule has 1 aromatic heterocycles.